The lowest BCUT2D eigenvalue weighted by atomic mass is 9.92. The quantitative estimate of drug-likeness (QED) is 0.204. The highest BCUT2D eigenvalue weighted by atomic mass is 16.5. The molecule has 2 aromatic rings. The molecule has 1 amide bonds. The van der Waals surface area contributed by atoms with Gasteiger partial charge in [0.15, 0.2) is 5.78 Å². The van der Waals surface area contributed by atoms with E-state index in [1.165, 1.54) is 56.2 Å². The lowest BCUT2D eigenvalue weighted by molar-refractivity contribution is 0.0916. The van der Waals surface area contributed by atoms with Gasteiger partial charge in [-0.2, -0.15) is 0 Å². The van der Waals surface area contributed by atoms with Crippen molar-refractivity contribution in [2.45, 2.75) is 84.5 Å². The summed E-state index contributed by atoms with van der Waals surface area (Å²) in [6.45, 7) is 5.85. The van der Waals surface area contributed by atoms with E-state index >= 15 is 0 Å². The monoisotopic (exact) mass is 511 g/mol. The molecule has 0 saturated carbocycles. The van der Waals surface area contributed by atoms with Crippen molar-refractivity contribution in [3.63, 3.8) is 0 Å². The third kappa shape index (κ3) is 9.90. The van der Waals surface area contributed by atoms with E-state index in [4.69, 9.17) is 4.42 Å². The van der Waals surface area contributed by atoms with Gasteiger partial charge in [-0.15, -0.1) is 0 Å². The average Bonchev–Trinajstić information content (AvgIpc) is 2.88. The molecule has 1 aromatic carbocycles. The first kappa shape index (κ1) is 29.9. The minimum absolute atomic E-state index is 0.169. The van der Waals surface area contributed by atoms with Crippen LogP contribution in [0.2, 0.25) is 0 Å². The number of alkyl carbamates (subject to hydrolysis) is 1. The van der Waals surface area contributed by atoms with Crippen LogP contribution in [0.25, 0.3) is 0 Å². The van der Waals surface area contributed by atoms with Crippen LogP contribution in [0, 0.1) is 5.92 Å². The molecule has 2 atom stereocenters. The zero-order valence-electron chi connectivity index (χ0n) is 22.5. The number of allylic oxidation sites excluding steroid dienone is 1. The standard InChI is InChI=1S/C30H41NO6/c1-5-6-7-8-13-23-14-11-15-24(19-23)17-16-22(3)28(33)27-25(32)20-26(37-29(27)34)21(2)12-9-10-18-31-30(35)36-4/h10-11,14-15,18-22,32H,5-9,12-13,16-17H2,1-4H3,(H,31,35)/b18-10+. The molecule has 0 saturated heterocycles. The van der Waals surface area contributed by atoms with Crippen LogP contribution < -0.4 is 10.9 Å². The molecule has 0 radical (unpaired) electrons. The maximum absolute atomic E-state index is 13.0. The number of carbonyl (C=O) groups is 2. The fraction of sp³-hybridized carbons (Fsp3) is 0.500. The number of carbonyl (C=O) groups excluding carboxylic acids is 2. The predicted octanol–water partition coefficient (Wildman–Crippen LogP) is 6.67. The molecule has 37 heavy (non-hydrogen) atoms. The number of hydrogen-bond acceptors (Lipinski definition) is 6. The van der Waals surface area contributed by atoms with Crippen LogP contribution in [0.1, 0.15) is 98.9 Å². The molecule has 0 aliphatic rings. The summed E-state index contributed by atoms with van der Waals surface area (Å²) in [5.74, 6) is -1.03. The molecule has 2 unspecified atom stereocenters. The van der Waals surface area contributed by atoms with Crippen molar-refractivity contribution in [1.29, 1.82) is 0 Å². The minimum Gasteiger partial charge on any atom is -0.507 e. The summed E-state index contributed by atoms with van der Waals surface area (Å²) in [5, 5.41) is 13.0. The Labute approximate surface area is 219 Å². The van der Waals surface area contributed by atoms with Gasteiger partial charge in [-0.1, -0.05) is 70.4 Å². The number of aryl methyl sites for hydroxylation is 2. The zero-order chi connectivity index (χ0) is 27.2. The second-order valence-electron chi connectivity index (χ2n) is 9.65. The molecule has 1 aromatic heterocycles. The maximum Gasteiger partial charge on any atom is 0.410 e. The summed E-state index contributed by atoms with van der Waals surface area (Å²) >= 11 is 0. The Morgan fingerprint density at radius 3 is 2.49 bits per heavy atom. The number of hydrogen-bond donors (Lipinski definition) is 2. The Hall–Kier alpha value is -3.35. The van der Waals surface area contributed by atoms with Crippen molar-refractivity contribution in [1.82, 2.24) is 5.32 Å². The summed E-state index contributed by atoms with van der Waals surface area (Å²) in [5.41, 5.74) is 1.39. The highest BCUT2D eigenvalue weighted by Gasteiger charge is 2.25. The second kappa shape index (κ2) is 15.7. The van der Waals surface area contributed by atoms with Gasteiger partial charge < -0.3 is 14.3 Å². The van der Waals surface area contributed by atoms with Crippen molar-refractivity contribution >= 4 is 11.9 Å². The van der Waals surface area contributed by atoms with Gasteiger partial charge >= 0.3 is 11.7 Å². The number of ketones is 1. The van der Waals surface area contributed by atoms with Crippen molar-refractivity contribution in [2.24, 2.45) is 5.92 Å². The molecule has 2 N–H and O–H groups in total. The van der Waals surface area contributed by atoms with E-state index in [1.54, 1.807) is 13.0 Å². The summed E-state index contributed by atoms with van der Waals surface area (Å²) in [4.78, 5) is 36.7. The number of methoxy groups -OCH3 is 1. The molecule has 202 valence electrons. The Balaban J connectivity index is 1.95. The van der Waals surface area contributed by atoms with E-state index in [0.717, 1.165) is 12.8 Å². The second-order valence-corrected chi connectivity index (χ2v) is 9.65. The Morgan fingerprint density at radius 1 is 1.08 bits per heavy atom. The summed E-state index contributed by atoms with van der Waals surface area (Å²) < 4.78 is 9.89. The minimum atomic E-state index is -0.810. The molecule has 2 rings (SSSR count). The molecule has 0 bridgehead atoms. The lowest BCUT2D eigenvalue weighted by Crippen LogP contribution is -2.21. The van der Waals surface area contributed by atoms with Gasteiger partial charge in [-0.3, -0.25) is 10.1 Å². The highest BCUT2D eigenvalue weighted by Crippen LogP contribution is 2.27. The summed E-state index contributed by atoms with van der Waals surface area (Å²) in [6, 6.07) is 9.83. The molecule has 7 heteroatoms. The highest BCUT2D eigenvalue weighted by molar-refractivity contribution is 5.99. The molecule has 0 aliphatic carbocycles. The third-order valence-electron chi connectivity index (χ3n) is 6.58. The van der Waals surface area contributed by atoms with Gasteiger partial charge in [0.2, 0.25) is 0 Å². The Bertz CT molecular complexity index is 1100. The van der Waals surface area contributed by atoms with Crippen molar-refractivity contribution in [2.75, 3.05) is 7.11 Å². The number of rotatable bonds is 15. The number of Topliss-reactive ketones (excluding diaryl/α,β-unsaturated/α-hetero) is 1. The number of nitrogens with one attached hydrogen (secondary N) is 1. The number of aromatic hydroxyl groups is 1. The van der Waals surface area contributed by atoms with Crippen LogP contribution in [-0.2, 0) is 17.6 Å². The van der Waals surface area contributed by atoms with Gasteiger partial charge in [0.25, 0.3) is 0 Å². The van der Waals surface area contributed by atoms with Crippen molar-refractivity contribution in [3.8, 4) is 5.75 Å². The normalized spacial score (nSPS) is 12.9. The smallest absolute Gasteiger partial charge is 0.410 e. The van der Waals surface area contributed by atoms with Gasteiger partial charge in [0.05, 0.1) is 7.11 Å². The number of unbranched alkanes of at least 4 members (excludes halogenated alkanes) is 3. The number of amides is 1. The number of benzene rings is 1. The first-order valence-corrected chi connectivity index (χ1v) is 13.2. The van der Waals surface area contributed by atoms with Crippen molar-refractivity contribution in [3.05, 3.63) is 75.5 Å². The molecule has 1 heterocycles. The van der Waals surface area contributed by atoms with Crippen LogP contribution in [0.3, 0.4) is 0 Å². The fourth-order valence-corrected chi connectivity index (χ4v) is 4.18. The molecule has 7 nitrogen and oxygen atoms in total. The van der Waals surface area contributed by atoms with Crippen LogP contribution in [0.5, 0.6) is 5.75 Å². The fourth-order valence-electron chi connectivity index (χ4n) is 4.18. The van der Waals surface area contributed by atoms with Crippen LogP contribution >= 0.6 is 0 Å². The van der Waals surface area contributed by atoms with E-state index in [2.05, 4.69) is 41.2 Å². The van der Waals surface area contributed by atoms with E-state index in [-0.39, 0.29) is 17.2 Å². The van der Waals surface area contributed by atoms with Gasteiger partial charge in [-0.05, 0) is 49.7 Å². The first-order valence-electron chi connectivity index (χ1n) is 13.2. The lowest BCUT2D eigenvalue weighted by Gasteiger charge is -2.14. The maximum atomic E-state index is 13.0. The molecular weight excluding hydrogens is 470 g/mol. The molecule has 0 fully saturated rings. The molecule has 0 aliphatic heterocycles. The van der Waals surface area contributed by atoms with Crippen LogP contribution in [0.15, 0.2) is 51.8 Å². The Kier molecular flexibility index (Phi) is 12.7. The Morgan fingerprint density at radius 2 is 1.81 bits per heavy atom. The van der Waals surface area contributed by atoms with E-state index in [9.17, 15) is 19.5 Å². The van der Waals surface area contributed by atoms with Gasteiger partial charge in [0, 0.05) is 24.1 Å². The molecular formula is C30H41NO6. The molecule has 0 spiro atoms. The van der Waals surface area contributed by atoms with E-state index in [1.807, 2.05) is 6.92 Å². The number of ether oxygens (including phenoxy) is 1. The van der Waals surface area contributed by atoms with E-state index < -0.39 is 23.4 Å². The summed E-state index contributed by atoms with van der Waals surface area (Å²) in [7, 11) is 1.28. The van der Waals surface area contributed by atoms with Crippen LogP contribution in [0.4, 0.5) is 4.79 Å². The van der Waals surface area contributed by atoms with Gasteiger partial charge in [0.1, 0.15) is 17.1 Å². The first-order chi connectivity index (χ1) is 17.8. The summed E-state index contributed by atoms with van der Waals surface area (Å²) in [6.07, 6.45) is 11.1. The van der Waals surface area contributed by atoms with Crippen molar-refractivity contribution < 1.29 is 23.8 Å². The van der Waals surface area contributed by atoms with Gasteiger partial charge in [-0.25, -0.2) is 9.59 Å². The third-order valence-corrected chi connectivity index (χ3v) is 6.58. The topological polar surface area (TPSA) is 106 Å². The largest absolute Gasteiger partial charge is 0.507 e. The average molecular weight is 512 g/mol. The van der Waals surface area contributed by atoms with E-state index in [0.29, 0.717) is 25.0 Å². The van der Waals surface area contributed by atoms with Crippen LogP contribution in [-0.4, -0.2) is 24.1 Å². The SMILES string of the molecule is CCCCCCc1cccc(CCC(C)C(=O)c2c(O)cc(C(C)CC/C=C/NC(=O)OC)oc2=O)c1. The zero-order valence-corrected chi connectivity index (χ0v) is 22.5. The predicted molar refractivity (Wildman–Crippen MR) is 145 cm³/mol.